The summed E-state index contributed by atoms with van der Waals surface area (Å²) in [5.74, 6) is 1.83. The van der Waals surface area contributed by atoms with Crippen LogP contribution in [0.4, 0.5) is 4.39 Å². The Hall–Kier alpha value is -1.03. The quantitative estimate of drug-likeness (QED) is 0.878. The van der Waals surface area contributed by atoms with Crippen LogP contribution in [0.5, 0.6) is 0 Å². The van der Waals surface area contributed by atoms with Crippen molar-refractivity contribution in [1.29, 1.82) is 0 Å². The van der Waals surface area contributed by atoms with Crippen molar-refractivity contribution >= 4 is 17.7 Å². The van der Waals surface area contributed by atoms with Gasteiger partial charge in [-0.25, -0.2) is 4.39 Å². The average Bonchev–Trinajstić information content (AvgIpc) is 2.30. The lowest BCUT2D eigenvalue weighted by Gasteiger charge is -2.22. The number of hydrogen-bond donors (Lipinski definition) is 1. The molecule has 1 aliphatic rings. The summed E-state index contributed by atoms with van der Waals surface area (Å²) in [4.78, 5) is 12.0. The number of amides is 1. The van der Waals surface area contributed by atoms with Gasteiger partial charge in [-0.2, -0.15) is 11.8 Å². The molecule has 4 heteroatoms. The monoisotopic (exact) mass is 253 g/mol. The number of carbonyl (C=O) groups excluding carboxylic acids is 1. The van der Waals surface area contributed by atoms with Gasteiger partial charge in [-0.15, -0.1) is 0 Å². The molecule has 1 aromatic carbocycles. The van der Waals surface area contributed by atoms with Gasteiger partial charge in [-0.05, 0) is 55.0 Å². The fourth-order valence-corrected chi connectivity index (χ4v) is 3.09. The average molecular weight is 253 g/mol. The summed E-state index contributed by atoms with van der Waals surface area (Å²) < 4.78 is 12.9. The molecule has 1 heterocycles. The number of benzene rings is 1. The molecule has 0 radical (unpaired) electrons. The standard InChI is InChI=1S/C13H16FNOS/c1-9-8-10(14)2-3-12(9)13(16)15-11-4-6-17-7-5-11/h2-3,8,11H,4-7H2,1H3,(H,15,16). The zero-order valence-corrected chi connectivity index (χ0v) is 10.6. The number of thioether (sulfide) groups is 1. The van der Waals surface area contributed by atoms with Crippen LogP contribution in [0.25, 0.3) is 0 Å². The van der Waals surface area contributed by atoms with Crippen molar-refractivity contribution in [3.05, 3.63) is 35.1 Å². The van der Waals surface area contributed by atoms with Crippen LogP contribution in [0, 0.1) is 12.7 Å². The van der Waals surface area contributed by atoms with Gasteiger partial charge in [0.1, 0.15) is 5.82 Å². The molecule has 0 atom stereocenters. The number of carbonyl (C=O) groups is 1. The Labute approximate surface area is 105 Å². The summed E-state index contributed by atoms with van der Waals surface area (Å²) in [6.07, 6.45) is 2.05. The Morgan fingerprint density at radius 3 is 2.76 bits per heavy atom. The molecule has 1 N–H and O–H groups in total. The topological polar surface area (TPSA) is 29.1 Å². The lowest BCUT2D eigenvalue weighted by Crippen LogP contribution is -2.37. The maximum atomic E-state index is 12.9. The molecule has 0 bridgehead atoms. The zero-order chi connectivity index (χ0) is 12.3. The Bertz CT molecular complexity index is 416. The van der Waals surface area contributed by atoms with Crippen molar-refractivity contribution in [1.82, 2.24) is 5.32 Å². The van der Waals surface area contributed by atoms with Crippen molar-refractivity contribution < 1.29 is 9.18 Å². The van der Waals surface area contributed by atoms with Gasteiger partial charge in [0.05, 0.1) is 0 Å². The van der Waals surface area contributed by atoms with Gasteiger partial charge >= 0.3 is 0 Å². The molecule has 0 aromatic heterocycles. The molecule has 0 spiro atoms. The Morgan fingerprint density at radius 1 is 1.41 bits per heavy atom. The van der Waals surface area contributed by atoms with Gasteiger partial charge in [-0.3, -0.25) is 4.79 Å². The Morgan fingerprint density at radius 2 is 2.12 bits per heavy atom. The number of nitrogens with one attached hydrogen (secondary N) is 1. The molecule has 2 nitrogen and oxygen atoms in total. The van der Waals surface area contributed by atoms with E-state index in [0.717, 1.165) is 24.3 Å². The Balaban J connectivity index is 2.03. The van der Waals surface area contributed by atoms with E-state index in [1.807, 2.05) is 11.8 Å². The predicted octanol–water partition coefficient (Wildman–Crippen LogP) is 2.76. The van der Waals surface area contributed by atoms with E-state index in [4.69, 9.17) is 0 Å². The first-order valence-electron chi connectivity index (χ1n) is 5.81. The van der Waals surface area contributed by atoms with E-state index in [9.17, 15) is 9.18 Å². The third-order valence-corrected chi connectivity index (χ3v) is 4.04. The second-order valence-electron chi connectivity index (χ2n) is 4.32. The van der Waals surface area contributed by atoms with Crippen LogP contribution in [0.3, 0.4) is 0 Å². The van der Waals surface area contributed by atoms with Gasteiger partial charge < -0.3 is 5.32 Å². The van der Waals surface area contributed by atoms with Crippen LogP contribution < -0.4 is 5.32 Å². The van der Waals surface area contributed by atoms with Gasteiger partial charge in [0.15, 0.2) is 0 Å². The lowest BCUT2D eigenvalue weighted by atomic mass is 10.1. The summed E-state index contributed by atoms with van der Waals surface area (Å²) >= 11 is 1.93. The first-order chi connectivity index (χ1) is 8.16. The largest absolute Gasteiger partial charge is 0.349 e. The summed E-state index contributed by atoms with van der Waals surface area (Å²) in [5, 5.41) is 3.02. The minimum Gasteiger partial charge on any atom is -0.349 e. The highest BCUT2D eigenvalue weighted by Gasteiger charge is 2.17. The van der Waals surface area contributed by atoms with Gasteiger partial charge in [0, 0.05) is 11.6 Å². The molecule has 17 heavy (non-hydrogen) atoms. The third kappa shape index (κ3) is 3.22. The second kappa shape index (κ2) is 5.54. The molecular weight excluding hydrogens is 237 g/mol. The predicted molar refractivity (Wildman–Crippen MR) is 69.0 cm³/mol. The molecule has 1 aliphatic heterocycles. The molecule has 1 saturated heterocycles. The highest BCUT2D eigenvalue weighted by molar-refractivity contribution is 7.99. The smallest absolute Gasteiger partial charge is 0.251 e. The first kappa shape index (κ1) is 12.4. The molecule has 92 valence electrons. The molecule has 0 aliphatic carbocycles. The number of hydrogen-bond acceptors (Lipinski definition) is 2. The van der Waals surface area contributed by atoms with Crippen LogP contribution in [0.15, 0.2) is 18.2 Å². The molecule has 1 amide bonds. The second-order valence-corrected chi connectivity index (χ2v) is 5.54. The number of rotatable bonds is 2. The van der Waals surface area contributed by atoms with E-state index < -0.39 is 0 Å². The maximum Gasteiger partial charge on any atom is 0.251 e. The molecule has 2 rings (SSSR count). The fourth-order valence-electron chi connectivity index (χ4n) is 1.99. The van der Waals surface area contributed by atoms with E-state index in [1.165, 1.54) is 12.1 Å². The van der Waals surface area contributed by atoms with Crippen LogP contribution in [0.1, 0.15) is 28.8 Å². The molecule has 1 aromatic rings. The molecule has 0 unspecified atom stereocenters. The van der Waals surface area contributed by atoms with Crippen molar-refractivity contribution in [3.63, 3.8) is 0 Å². The fraction of sp³-hybridized carbons (Fsp3) is 0.462. The number of aryl methyl sites for hydroxylation is 1. The van der Waals surface area contributed by atoms with Crippen molar-refractivity contribution in [3.8, 4) is 0 Å². The van der Waals surface area contributed by atoms with Crippen molar-refractivity contribution in [2.75, 3.05) is 11.5 Å². The number of halogens is 1. The maximum absolute atomic E-state index is 12.9. The van der Waals surface area contributed by atoms with Crippen molar-refractivity contribution in [2.24, 2.45) is 0 Å². The minimum absolute atomic E-state index is 0.0839. The highest BCUT2D eigenvalue weighted by atomic mass is 32.2. The van der Waals surface area contributed by atoms with Gasteiger partial charge in [-0.1, -0.05) is 0 Å². The van der Waals surface area contributed by atoms with E-state index in [1.54, 1.807) is 13.0 Å². The van der Waals surface area contributed by atoms with E-state index >= 15 is 0 Å². The molecule has 1 fully saturated rings. The normalized spacial score (nSPS) is 16.8. The van der Waals surface area contributed by atoms with E-state index in [0.29, 0.717) is 11.1 Å². The highest BCUT2D eigenvalue weighted by Crippen LogP contribution is 2.18. The minimum atomic E-state index is -0.298. The van der Waals surface area contributed by atoms with E-state index in [2.05, 4.69) is 5.32 Å². The summed E-state index contributed by atoms with van der Waals surface area (Å²) in [5.41, 5.74) is 1.26. The van der Waals surface area contributed by atoms with Crippen LogP contribution >= 0.6 is 11.8 Å². The van der Waals surface area contributed by atoms with Gasteiger partial charge in [0.2, 0.25) is 0 Å². The van der Waals surface area contributed by atoms with E-state index in [-0.39, 0.29) is 17.8 Å². The molecular formula is C13H16FNOS. The summed E-state index contributed by atoms with van der Waals surface area (Å²) in [6, 6.07) is 4.55. The van der Waals surface area contributed by atoms with Crippen molar-refractivity contribution in [2.45, 2.75) is 25.8 Å². The summed E-state index contributed by atoms with van der Waals surface area (Å²) in [6.45, 7) is 1.76. The SMILES string of the molecule is Cc1cc(F)ccc1C(=O)NC1CCSCC1. The van der Waals surface area contributed by atoms with Crippen LogP contribution in [-0.2, 0) is 0 Å². The first-order valence-corrected chi connectivity index (χ1v) is 6.97. The third-order valence-electron chi connectivity index (χ3n) is 2.99. The van der Waals surface area contributed by atoms with Crippen LogP contribution in [-0.4, -0.2) is 23.5 Å². The van der Waals surface area contributed by atoms with Crippen LogP contribution in [0.2, 0.25) is 0 Å². The lowest BCUT2D eigenvalue weighted by molar-refractivity contribution is 0.0934. The Kier molecular flexibility index (Phi) is 4.05. The molecule has 0 saturated carbocycles. The zero-order valence-electron chi connectivity index (χ0n) is 9.83. The summed E-state index contributed by atoms with van der Waals surface area (Å²) in [7, 11) is 0. The van der Waals surface area contributed by atoms with Gasteiger partial charge in [0.25, 0.3) is 5.91 Å².